The normalized spacial score (nSPS) is 20.0. The van der Waals surface area contributed by atoms with Gasteiger partial charge in [-0.3, -0.25) is 4.79 Å². The van der Waals surface area contributed by atoms with Gasteiger partial charge >= 0.3 is 6.18 Å². The predicted octanol–water partition coefficient (Wildman–Crippen LogP) is 4.55. The molecule has 8 heteroatoms. The standard InChI is InChI=1S/C26H28F3N3O2/c1-17-9-18(2)11-20(10-17)24(34)31-7-5-25(6-8-31)16-32(14-21(25)15-33)22-4-3-19(13-30)23(12-22)26(27,28)29/h3-4,9-12,21,33H,5-8,14-16H2,1-2H3. The van der Waals surface area contributed by atoms with Crippen LogP contribution in [-0.4, -0.2) is 48.7 Å². The van der Waals surface area contributed by atoms with Gasteiger partial charge in [0, 0.05) is 50.0 Å². The predicted molar refractivity (Wildman–Crippen MR) is 122 cm³/mol. The van der Waals surface area contributed by atoms with E-state index in [1.54, 1.807) is 12.1 Å². The number of nitrogens with zero attached hydrogens (tertiary/aromatic N) is 3. The van der Waals surface area contributed by atoms with E-state index in [0.29, 0.717) is 50.3 Å². The van der Waals surface area contributed by atoms with Gasteiger partial charge in [-0.15, -0.1) is 0 Å². The molecule has 180 valence electrons. The number of aryl methyl sites for hydroxylation is 2. The van der Waals surface area contributed by atoms with Crippen molar-refractivity contribution in [2.75, 3.05) is 37.7 Å². The van der Waals surface area contributed by atoms with E-state index in [2.05, 4.69) is 0 Å². The number of aliphatic hydroxyl groups is 1. The highest BCUT2D eigenvalue weighted by atomic mass is 19.4. The first-order valence-electron chi connectivity index (χ1n) is 11.4. The van der Waals surface area contributed by atoms with Gasteiger partial charge in [0.1, 0.15) is 0 Å². The van der Waals surface area contributed by atoms with Crippen LogP contribution in [0.25, 0.3) is 0 Å². The number of hydrogen-bond acceptors (Lipinski definition) is 4. The number of amides is 1. The minimum absolute atomic E-state index is 0.0148. The van der Waals surface area contributed by atoms with Crippen molar-refractivity contribution >= 4 is 11.6 Å². The number of likely N-dealkylation sites (tertiary alicyclic amines) is 1. The minimum Gasteiger partial charge on any atom is -0.396 e. The molecule has 2 aliphatic heterocycles. The Balaban J connectivity index is 1.52. The minimum atomic E-state index is -4.62. The van der Waals surface area contributed by atoms with Gasteiger partial charge < -0.3 is 14.9 Å². The summed E-state index contributed by atoms with van der Waals surface area (Å²) in [5.74, 6) is -0.116. The molecule has 4 rings (SSSR count). The third-order valence-corrected chi connectivity index (χ3v) is 7.34. The number of aliphatic hydroxyl groups excluding tert-OH is 1. The Kier molecular flexibility index (Phi) is 6.34. The quantitative estimate of drug-likeness (QED) is 0.714. The van der Waals surface area contributed by atoms with Gasteiger partial charge in [0.2, 0.25) is 0 Å². The lowest BCUT2D eigenvalue weighted by Crippen LogP contribution is -2.47. The Morgan fingerprint density at radius 1 is 1.15 bits per heavy atom. The van der Waals surface area contributed by atoms with Crippen LogP contribution in [0.15, 0.2) is 36.4 Å². The molecule has 1 unspecified atom stereocenters. The van der Waals surface area contributed by atoms with Crippen LogP contribution in [0, 0.1) is 36.5 Å². The highest BCUT2D eigenvalue weighted by Crippen LogP contribution is 2.46. The van der Waals surface area contributed by atoms with Crippen LogP contribution in [0.3, 0.4) is 0 Å². The molecule has 2 saturated heterocycles. The Hall–Kier alpha value is -3.05. The summed E-state index contributed by atoms with van der Waals surface area (Å²) in [7, 11) is 0. The molecule has 0 aliphatic carbocycles. The van der Waals surface area contributed by atoms with Crippen molar-refractivity contribution in [1.82, 2.24) is 4.90 Å². The molecule has 2 heterocycles. The van der Waals surface area contributed by atoms with Crippen molar-refractivity contribution in [3.63, 3.8) is 0 Å². The van der Waals surface area contributed by atoms with Crippen molar-refractivity contribution in [1.29, 1.82) is 5.26 Å². The molecule has 0 aromatic heterocycles. The number of alkyl halides is 3. The summed E-state index contributed by atoms with van der Waals surface area (Å²) in [4.78, 5) is 16.8. The molecule has 1 spiro atoms. The van der Waals surface area contributed by atoms with Gasteiger partial charge in [-0.05, 0) is 62.4 Å². The molecule has 1 N–H and O–H groups in total. The molecule has 1 amide bonds. The molecular formula is C26H28F3N3O2. The lowest BCUT2D eigenvalue weighted by molar-refractivity contribution is -0.137. The smallest absolute Gasteiger partial charge is 0.396 e. The largest absolute Gasteiger partial charge is 0.417 e. The Bertz CT molecular complexity index is 1110. The molecule has 1 atom stereocenters. The molecule has 0 bridgehead atoms. The van der Waals surface area contributed by atoms with E-state index in [-0.39, 0.29) is 23.8 Å². The van der Waals surface area contributed by atoms with E-state index in [1.165, 1.54) is 6.07 Å². The summed E-state index contributed by atoms with van der Waals surface area (Å²) in [6.45, 7) is 5.87. The van der Waals surface area contributed by atoms with Gasteiger partial charge in [0.05, 0.1) is 17.2 Å². The maximum absolute atomic E-state index is 13.5. The zero-order valence-corrected chi connectivity index (χ0v) is 19.3. The summed E-state index contributed by atoms with van der Waals surface area (Å²) in [5.41, 5.74) is 1.51. The number of anilines is 1. The summed E-state index contributed by atoms with van der Waals surface area (Å²) in [6, 6.07) is 11.2. The number of piperidine rings is 1. The molecule has 0 radical (unpaired) electrons. The summed E-state index contributed by atoms with van der Waals surface area (Å²) in [5, 5.41) is 19.2. The third-order valence-electron chi connectivity index (χ3n) is 7.34. The van der Waals surface area contributed by atoms with E-state index >= 15 is 0 Å². The zero-order valence-electron chi connectivity index (χ0n) is 19.3. The molecule has 2 aromatic rings. The van der Waals surface area contributed by atoms with Gasteiger partial charge in [0.25, 0.3) is 5.91 Å². The number of carbonyl (C=O) groups excluding carboxylic acids is 1. The molecule has 34 heavy (non-hydrogen) atoms. The second kappa shape index (κ2) is 8.95. The van der Waals surface area contributed by atoms with Crippen LogP contribution in [0.2, 0.25) is 0 Å². The summed E-state index contributed by atoms with van der Waals surface area (Å²) in [6.07, 6.45) is -3.27. The number of carbonyl (C=O) groups is 1. The molecule has 2 fully saturated rings. The lowest BCUT2D eigenvalue weighted by atomic mass is 9.71. The van der Waals surface area contributed by atoms with E-state index in [0.717, 1.165) is 17.2 Å². The van der Waals surface area contributed by atoms with Gasteiger partial charge in [-0.2, -0.15) is 18.4 Å². The van der Waals surface area contributed by atoms with Crippen molar-refractivity contribution in [2.24, 2.45) is 11.3 Å². The van der Waals surface area contributed by atoms with Gasteiger partial charge in [-0.1, -0.05) is 17.2 Å². The second-order valence-electron chi connectivity index (χ2n) is 9.63. The Morgan fingerprint density at radius 2 is 1.79 bits per heavy atom. The van der Waals surface area contributed by atoms with Crippen molar-refractivity contribution in [3.05, 3.63) is 64.2 Å². The fourth-order valence-corrected chi connectivity index (χ4v) is 5.54. The monoisotopic (exact) mass is 471 g/mol. The first kappa shape index (κ1) is 24.1. The fraction of sp³-hybridized carbons (Fsp3) is 0.462. The van der Waals surface area contributed by atoms with Crippen LogP contribution >= 0.6 is 0 Å². The van der Waals surface area contributed by atoms with E-state index in [9.17, 15) is 23.1 Å². The van der Waals surface area contributed by atoms with Crippen molar-refractivity contribution in [3.8, 4) is 6.07 Å². The maximum Gasteiger partial charge on any atom is 0.417 e. The van der Waals surface area contributed by atoms with Gasteiger partial charge in [-0.25, -0.2) is 0 Å². The van der Waals surface area contributed by atoms with Crippen LogP contribution in [0.1, 0.15) is 45.5 Å². The molecule has 5 nitrogen and oxygen atoms in total. The Morgan fingerprint density at radius 3 is 2.35 bits per heavy atom. The van der Waals surface area contributed by atoms with E-state index in [4.69, 9.17) is 5.26 Å². The lowest BCUT2D eigenvalue weighted by Gasteiger charge is -2.42. The number of nitriles is 1. The maximum atomic E-state index is 13.5. The number of hydrogen-bond donors (Lipinski definition) is 1. The van der Waals surface area contributed by atoms with Crippen LogP contribution in [0.5, 0.6) is 0 Å². The highest BCUT2D eigenvalue weighted by Gasteiger charge is 2.48. The topological polar surface area (TPSA) is 67.6 Å². The summed E-state index contributed by atoms with van der Waals surface area (Å²) >= 11 is 0. The van der Waals surface area contributed by atoms with Gasteiger partial charge in [0.15, 0.2) is 0 Å². The zero-order chi connectivity index (χ0) is 24.7. The molecular weight excluding hydrogens is 443 g/mol. The van der Waals surface area contributed by atoms with Crippen molar-refractivity contribution < 1.29 is 23.1 Å². The number of halogens is 3. The van der Waals surface area contributed by atoms with Crippen LogP contribution in [-0.2, 0) is 6.18 Å². The number of benzene rings is 2. The second-order valence-corrected chi connectivity index (χ2v) is 9.63. The Labute approximate surface area is 197 Å². The first-order chi connectivity index (χ1) is 16.1. The molecule has 2 aromatic carbocycles. The number of rotatable bonds is 3. The van der Waals surface area contributed by atoms with Crippen LogP contribution < -0.4 is 4.90 Å². The van der Waals surface area contributed by atoms with Crippen LogP contribution in [0.4, 0.5) is 18.9 Å². The molecule has 0 saturated carbocycles. The average Bonchev–Trinajstić information content (AvgIpc) is 3.15. The van der Waals surface area contributed by atoms with E-state index < -0.39 is 17.3 Å². The molecule has 2 aliphatic rings. The third kappa shape index (κ3) is 4.49. The highest BCUT2D eigenvalue weighted by molar-refractivity contribution is 5.94. The average molecular weight is 472 g/mol. The first-order valence-corrected chi connectivity index (χ1v) is 11.4. The SMILES string of the molecule is Cc1cc(C)cc(C(=O)N2CCC3(CC2)CN(c2ccc(C#N)c(C(F)(F)F)c2)CC3CO)c1. The summed E-state index contributed by atoms with van der Waals surface area (Å²) < 4.78 is 40.4. The van der Waals surface area contributed by atoms with E-state index in [1.807, 2.05) is 41.8 Å². The van der Waals surface area contributed by atoms with Crippen molar-refractivity contribution in [2.45, 2.75) is 32.9 Å². The fourth-order valence-electron chi connectivity index (χ4n) is 5.54.